The highest BCUT2D eigenvalue weighted by molar-refractivity contribution is 6.32. The quantitative estimate of drug-likeness (QED) is 0.430. The summed E-state index contributed by atoms with van der Waals surface area (Å²) in [7, 11) is 5.38. The summed E-state index contributed by atoms with van der Waals surface area (Å²) in [6.07, 6.45) is 0. The van der Waals surface area contributed by atoms with Gasteiger partial charge in [0.05, 0.1) is 5.56 Å². The lowest BCUT2D eigenvalue weighted by atomic mass is 9.95. The Morgan fingerprint density at radius 1 is 1.36 bits per heavy atom. The summed E-state index contributed by atoms with van der Waals surface area (Å²) in [4.78, 5) is 14.7. The number of benzene rings is 1. The molecule has 0 aliphatic carbocycles. The maximum atomic E-state index is 10.7. The van der Waals surface area contributed by atoms with Gasteiger partial charge in [-0.25, -0.2) is 4.79 Å². The second-order valence-electron chi connectivity index (χ2n) is 2.03. The van der Waals surface area contributed by atoms with Gasteiger partial charge < -0.3 is 4.84 Å². The summed E-state index contributed by atoms with van der Waals surface area (Å²) in [5, 5.41) is 0. The first kappa shape index (κ1) is 7.82. The maximum Gasteiger partial charge on any atom is 0.356 e. The van der Waals surface area contributed by atoms with E-state index in [0.717, 1.165) is 0 Å². The van der Waals surface area contributed by atoms with Crippen LogP contribution in [-0.4, -0.2) is 13.8 Å². The molecule has 0 aromatic heterocycles. The second-order valence-corrected chi connectivity index (χ2v) is 2.03. The highest BCUT2D eigenvalue weighted by Gasteiger charge is 2.02. The molecule has 2 radical (unpaired) electrons. The van der Waals surface area contributed by atoms with E-state index in [2.05, 4.69) is 10.7 Å². The molecule has 1 rings (SSSR count). The molecule has 0 bridgehead atoms. The Morgan fingerprint density at radius 3 is 2.36 bits per heavy atom. The molecule has 1 aromatic carbocycles. The van der Waals surface area contributed by atoms with Crippen LogP contribution in [0.2, 0.25) is 0 Å². The lowest BCUT2D eigenvalue weighted by Gasteiger charge is -1.97. The molecule has 0 spiro atoms. The molecule has 54 valence electrons. The number of hydrogen-bond donors (Lipinski definition) is 1. The molecule has 0 saturated carbocycles. The minimum absolute atomic E-state index is 0.390. The average molecular weight is 147 g/mol. The summed E-state index contributed by atoms with van der Waals surface area (Å²) < 4.78 is 0. The van der Waals surface area contributed by atoms with E-state index in [4.69, 9.17) is 7.85 Å². The highest BCUT2D eigenvalue weighted by Crippen LogP contribution is 1.96. The first-order valence-electron chi connectivity index (χ1n) is 3.00. The van der Waals surface area contributed by atoms with Crippen LogP contribution in [0.3, 0.4) is 0 Å². The number of carbonyl (C=O) groups excluding carboxylic acids is 1. The van der Waals surface area contributed by atoms with Crippen molar-refractivity contribution >= 4 is 19.3 Å². The molecule has 3 nitrogen and oxygen atoms in total. The normalized spacial score (nSPS) is 9.18. The molecule has 0 aliphatic heterocycles. The molecule has 0 atom stereocenters. The van der Waals surface area contributed by atoms with Gasteiger partial charge in [-0.3, -0.25) is 0 Å². The van der Waals surface area contributed by atoms with Crippen molar-refractivity contribution < 1.29 is 9.63 Å². The van der Waals surface area contributed by atoms with Crippen LogP contribution >= 0.6 is 0 Å². The van der Waals surface area contributed by atoms with Crippen LogP contribution in [0.1, 0.15) is 10.4 Å². The summed E-state index contributed by atoms with van der Waals surface area (Å²) in [6.45, 7) is 0. The SMILES string of the molecule is [B]c1ccc(C(=O)ON)cc1. The van der Waals surface area contributed by atoms with Gasteiger partial charge in [0.15, 0.2) is 0 Å². The third-order valence-electron chi connectivity index (χ3n) is 1.25. The van der Waals surface area contributed by atoms with Crippen molar-refractivity contribution in [3.63, 3.8) is 0 Å². The third-order valence-corrected chi connectivity index (χ3v) is 1.25. The van der Waals surface area contributed by atoms with E-state index in [1.54, 1.807) is 24.3 Å². The average Bonchev–Trinajstić information content (AvgIpc) is 2.05. The lowest BCUT2D eigenvalue weighted by molar-refractivity contribution is 0.0503. The van der Waals surface area contributed by atoms with E-state index < -0.39 is 5.97 Å². The van der Waals surface area contributed by atoms with E-state index in [9.17, 15) is 4.79 Å². The minimum Gasteiger partial charge on any atom is -0.370 e. The van der Waals surface area contributed by atoms with Gasteiger partial charge in [0.2, 0.25) is 0 Å². The standard InChI is InChI=1S/C7H6BNO2/c8-6-3-1-5(2-4-6)7(10)11-9/h1-4H,9H2. The van der Waals surface area contributed by atoms with Gasteiger partial charge >= 0.3 is 5.97 Å². The summed E-state index contributed by atoms with van der Waals surface area (Å²) in [5.41, 5.74) is 0.986. The van der Waals surface area contributed by atoms with Crippen LogP contribution in [0.4, 0.5) is 0 Å². The minimum atomic E-state index is -0.565. The molecule has 0 saturated heterocycles. The molecule has 2 N–H and O–H groups in total. The molecule has 0 aliphatic rings. The summed E-state index contributed by atoms with van der Waals surface area (Å²) in [5.74, 6) is 4.10. The Bertz CT molecular complexity index is 258. The molecule has 0 heterocycles. The zero-order chi connectivity index (χ0) is 8.27. The second kappa shape index (κ2) is 3.21. The van der Waals surface area contributed by atoms with Crippen LogP contribution in [0.15, 0.2) is 24.3 Å². The van der Waals surface area contributed by atoms with Crippen molar-refractivity contribution in [3.05, 3.63) is 29.8 Å². The summed E-state index contributed by atoms with van der Waals surface area (Å²) >= 11 is 0. The Morgan fingerprint density at radius 2 is 1.91 bits per heavy atom. The van der Waals surface area contributed by atoms with Crippen LogP contribution in [-0.2, 0) is 4.84 Å². The van der Waals surface area contributed by atoms with E-state index >= 15 is 0 Å². The number of rotatable bonds is 1. The molecule has 0 amide bonds. The van der Waals surface area contributed by atoms with Crippen molar-refractivity contribution in [2.24, 2.45) is 5.90 Å². The van der Waals surface area contributed by atoms with Gasteiger partial charge in [0, 0.05) is 0 Å². The predicted octanol–water partition coefficient (Wildman–Crippen LogP) is -0.489. The van der Waals surface area contributed by atoms with Crippen molar-refractivity contribution in [1.82, 2.24) is 0 Å². The number of nitrogens with two attached hydrogens (primary N) is 1. The van der Waals surface area contributed by atoms with Crippen LogP contribution in [0, 0.1) is 0 Å². The molecule has 0 unspecified atom stereocenters. The lowest BCUT2D eigenvalue weighted by Crippen LogP contribution is -2.11. The molecule has 0 fully saturated rings. The van der Waals surface area contributed by atoms with E-state index in [0.29, 0.717) is 11.0 Å². The predicted molar refractivity (Wildman–Crippen MR) is 41.4 cm³/mol. The first-order chi connectivity index (χ1) is 5.24. The van der Waals surface area contributed by atoms with Crippen molar-refractivity contribution in [1.29, 1.82) is 0 Å². The largest absolute Gasteiger partial charge is 0.370 e. The molecule has 11 heavy (non-hydrogen) atoms. The maximum absolute atomic E-state index is 10.7. The zero-order valence-corrected chi connectivity index (χ0v) is 5.78. The van der Waals surface area contributed by atoms with E-state index in [1.807, 2.05) is 0 Å². The molecule has 1 aromatic rings. The van der Waals surface area contributed by atoms with E-state index in [-0.39, 0.29) is 0 Å². The Labute approximate surface area is 65.5 Å². The molecule has 4 heteroatoms. The van der Waals surface area contributed by atoms with Gasteiger partial charge in [-0.2, -0.15) is 5.90 Å². The van der Waals surface area contributed by atoms with Gasteiger partial charge in [0.25, 0.3) is 0 Å². The van der Waals surface area contributed by atoms with Crippen LogP contribution in [0.5, 0.6) is 0 Å². The Hall–Kier alpha value is -1.29. The smallest absolute Gasteiger partial charge is 0.356 e. The van der Waals surface area contributed by atoms with Gasteiger partial charge in [0.1, 0.15) is 7.85 Å². The van der Waals surface area contributed by atoms with Crippen LogP contribution < -0.4 is 11.4 Å². The molecular formula is C7H6BNO2. The highest BCUT2D eigenvalue weighted by atomic mass is 16.7. The number of hydrogen-bond acceptors (Lipinski definition) is 3. The monoisotopic (exact) mass is 147 g/mol. The molecular weight excluding hydrogens is 141 g/mol. The Balaban J connectivity index is 2.90. The third kappa shape index (κ3) is 1.81. The van der Waals surface area contributed by atoms with Crippen molar-refractivity contribution in [2.75, 3.05) is 0 Å². The number of carbonyl (C=O) groups is 1. The fourth-order valence-electron chi connectivity index (χ4n) is 0.687. The van der Waals surface area contributed by atoms with Crippen molar-refractivity contribution in [2.45, 2.75) is 0 Å². The van der Waals surface area contributed by atoms with Crippen LogP contribution in [0.25, 0.3) is 0 Å². The van der Waals surface area contributed by atoms with Crippen molar-refractivity contribution in [3.8, 4) is 0 Å². The zero-order valence-electron chi connectivity index (χ0n) is 5.78. The topological polar surface area (TPSA) is 52.3 Å². The fraction of sp³-hybridized carbons (Fsp3) is 0. The van der Waals surface area contributed by atoms with E-state index in [1.165, 1.54) is 0 Å². The fourth-order valence-corrected chi connectivity index (χ4v) is 0.687. The van der Waals surface area contributed by atoms with Gasteiger partial charge in [-0.1, -0.05) is 17.6 Å². The van der Waals surface area contributed by atoms with Gasteiger partial charge in [-0.15, -0.1) is 0 Å². The Kier molecular flexibility index (Phi) is 2.28. The first-order valence-corrected chi connectivity index (χ1v) is 3.00. The van der Waals surface area contributed by atoms with Gasteiger partial charge in [-0.05, 0) is 12.1 Å². The summed E-state index contributed by atoms with van der Waals surface area (Å²) in [6, 6.07) is 6.30.